The number of urea groups is 1. The number of nitrogens with zero attached hydrogens (tertiary/aromatic N) is 5. The molecule has 0 radical (unpaired) electrons. The number of aromatic nitrogens is 2. The van der Waals surface area contributed by atoms with E-state index in [1.165, 1.54) is 24.0 Å². The Balaban J connectivity index is 1.46. The molecule has 1 aliphatic heterocycles. The average molecular weight is 530 g/mol. The normalized spacial score (nSPS) is 13.9. The minimum Gasteiger partial charge on any atom is -0.495 e. The zero-order valence-corrected chi connectivity index (χ0v) is 22.0. The van der Waals surface area contributed by atoms with Crippen LogP contribution in [0, 0.1) is 0 Å². The molecule has 36 heavy (non-hydrogen) atoms. The molecular formula is C25H29Cl2N7O2. The predicted molar refractivity (Wildman–Crippen MR) is 147 cm³/mol. The van der Waals surface area contributed by atoms with E-state index in [1.54, 1.807) is 18.2 Å². The number of amides is 2. The lowest BCUT2D eigenvalue weighted by molar-refractivity contribution is 0.257. The van der Waals surface area contributed by atoms with E-state index in [9.17, 15) is 4.79 Å². The molecular weight excluding hydrogens is 501 g/mol. The number of methoxy groups -OCH3 is 1. The van der Waals surface area contributed by atoms with Crippen molar-refractivity contribution in [2.24, 2.45) is 0 Å². The molecule has 9 nitrogen and oxygen atoms in total. The number of piperazine rings is 1. The second-order valence-electron chi connectivity index (χ2n) is 8.34. The van der Waals surface area contributed by atoms with Crippen molar-refractivity contribution in [3.05, 3.63) is 58.8 Å². The Labute approximate surface area is 221 Å². The predicted octanol–water partition coefficient (Wildman–Crippen LogP) is 5.35. The molecule has 2 aromatic carbocycles. The first-order valence-electron chi connectivity index (χ1n) is 11.6. The maximum atomic E-state index is 13.1. The summed E-state index contributed by atoms with van der Waals surface area (Å²) in [6.07, 6.45) is 1.41. The summed E-state index contributed by atoms with van der Waals surface area (Å²) >= 11 is 12.6. The van der Waals surface area contributed by atoms with Gasteiger partial charge in [-0.1, -0.05) is 23.2 Å². The summed E-state index contributed by atoms with van der Waals surface area (Å²) in [4.78, 5) is 27.9. The lowest BCUT2D eigenvalue weighted by atomic mass is 10.2. The van der Waals surface area contributed by atoms with Gasteiger partial charge in [-0.2, -0.15) is 0 Å². The molecule has 11 heteroatoms. The largest absolute Gasteiger partial charge is 0.495 e. The van der Waals surface area contributed by atoms with Crippen LogP contribution in [0.4, 0.5) is 33.5 Å². The van der Waals surface area contributed by atoms with Gasteiger partial charge in [0.2, 0.25) is 0 Å². The Morgan fingerprint density at radius 1 is 1.08 bits per heavy atom. The molecule has 0 spiro atoms. The summed E-state index contributed by atoms with van der Waals surface area (Å²) in [6, 6.07) is 12.8. The van der Waals surface area contributed by atoms with Crippen molar-refractivity contribution in [2.45, 2.75) is 6.92 Å². The minimum atomic E-state index is -0.435. The zero-order chi connectivity index (χ0) is 25.7. The highest BCUT2D eigenvalue weighted by molar-refractivity contribution is 6.40. The summed E-state index contributed by atoms with van der Waals surface area (Å²) in [6.45, 7) is 6.35. The lowest BCUT2D eigenvalue weighted by Crippen LogP contribution is -2.44. The zero-order valence-electron chi connectivity index (χ0n) is 20.5. The third-order valence-electron chi connectivity index (χ3n) is 6.01. The van der Waals surface area contributed by atoms with Gasteiger partial charge in [0, 0.05) is 50.2 Å². The van der Waals surface area contributed by atoms with Crippen LogP contribution in [-0.2, 0) is 0 Å². The van der Waals surface area contributed by atoms with Gasteiger partial charge in [0.25, 0.3) is 0 Å². The van der Waals surface area contributed by atoms with Crippen LogP contribution >= 0.6 is 23.2 Å². The molecule has 2 amide bonds. The van der Waals surface area contributed by atoms with Crippen molar-refractivity contribution in [1.82, 2.24) is 14.9 Å². The van der Waals surface area contributed by atoms with Gasteiger partial charge >= 0.3 is 6.03 Å². The smallest absolute Gasteiger partial charge is 0.327 e. The number of nitrogens with one attached hydrogen (secondary N) is 2. The maximum absolute atomic E-state index is 13.1. The Morgan fingerprint density at radius 2 is 1.81 bits per heavy atom. The van der Waals surface area contributed by atoms with E-state index >= 15 is 0 Å². The summed E-state index contributed by atoms with van der Waals surface area (Å²) in [7, 11) is 3.64. The summed E-state index contributed by atoms with van der Waals surface area (Å²) in [5, 5.41) is 6.58. The average Bonchev–Trinajstić information content (AvgIpc) is 2.88. The van der Waals surface area contributed by atoms with E-state index < -0.39 is 6.03 Å². The monoisotopic (exact) mass is 529 g/mol. The standard InChI is InChI=1S/C25H29Cl2N7O2/c1-4-34(25(35)31-24-19(26)9-10-20(36-3)23(24)27)22-15-21(28-16-29-22)30-17-5-7-18(8-6-17)33-13-11-32(2)12-14-33/h5-10,15-16H,4,11-14H2,1-3H3,(H,31,35)(H,28,29,30). The highest BCUT2D eigenvalue weighted by atomic mass is 35.5. The van der Waals surface area contributed by atoms with Crippen LogP contribution in [0.5, 0.6) is 5.75 Å². The molecule has 1 fully saturated rings. The molecule has 190 valence electrons. The van der Waals surface area contributed by atoms with Gasteiger partial charge in [0.05, 0.1) is 17.8 Å². The first kappa shape index (κ1) is 25.8. The van der Waals surface area contributed by atoms with E-state index in [0.717, 1.165) is 31.9 Å². The number of carbonyl (C=O) groups excluding carboxylic acids is 1. The van der Waals surface area contributed by atoms with Gasteiger partial charge in [-0.25, -0.2) is 14.8 Å². The third-order valence-corrected chi connectivity index (χ3v) is 6.70. The molecule has 2 N–H and O–H groups in total. The number of anilines is 5. The van der Waals surface area contributed by atoms with Crippen molar-refractivity contribution in [3.63, 3.8) is 0 Å². The van der Waals surface area contributed by atoms with E-state index in [0.29, 0.717) is 29.0 Å². The molecule has 1 aromatic heterocycles. The van der Waals surface area contributed by atoms with Gasteiger partial charge < -0.3 is 25.2 Å². The Bertz CT molecular complexity index is 1200. The topological polar surface area (TPSA) is 85.9 Å². The summed E-state index contributed by atoms with van der Waals surface area (Å²) in [5.41, 5.74) is 2.36. The fraction of sp³-hybridized carbons (Fsp3) is 0.320. The van der Waals surface area contributed by atoms with E-state index in [-0.39, 0.29) is 10.7 Å². The lowest BCUT2D eigenvalue weighted by Gasteiger charge is -2.34. The number of hydrogen-bond donors (Lipinski definition) is 2. The van der Waals surface area contributed by atoms with Crippen molar-refractivity contribution in [1.29, 1.82) is 0 Å². The van der Waals surface area contributed by atoms with Crippen LogP contribution in [0.15, 0.2) is 48.8 Å². The molecule has 1 aliphatic rings. The van der Waals surface area contributed by atoms with Crippen LogP contribution in [-0.4, -0.2) is 67.8 Å². The number of hydrogen-bond acceptors (Lipinski definition) is 7. The summed E-state index contributed by atoms with van der Waals surface area (Å²) < 4.78 is 5.22. The van der Waals surface area contributed by atoms with Crippen molar-refractivity contribution in [3.8, 4) is 5.75 Å². The van der Waals surface area contributed by atoms with Crippen LogP contribution < -0.4 is 25.2 Å². The van der Waals surface area contributed by atoms with E-state index in [2.05, 4.69) is 49.6 Å². The van der Waals surface area contributed by atoms with Crippen LogP contribution in [0.1, 0.15) is 6.92 Å². The number of carbonyl (C=O) groups is 1. The fourth-order valence-corrected chi connectivity index (χ4v) is 4.46. The molecule has 0 atom stereocenters. The Hall–Kier alpha value is -3.27. The minimum absolute atomic E-state index is 0.222. The molecule has 2 heterocycles. The number of likely N-dealkylation sites (N-methyl/N-ethyl adjacent to an activating group) is 1. The number of ether oxygens (including phenoxy) is 1. The van der Waals surface area contributed by atoms with Crippen molar-refractivity contribution >= 4 is 57.9 Å². The molecule has 1 saturated heterocycles. The Morgan fingerprint density at radius 3 is 2.47 bits per heavy atom. The van der Waals surface area contributed by atoms with Gasteiger partial charge in [0.15, 0.2) is 0 Å². The van der Waals surface area contributed by atoms with Crippen LogP contribution in [0.25, 0.3) is 0 Å². The highest BCUT2D eigenvalue weighted by Gasteiger charge is 2.20. The molecule has 0 saturated carbocycles. The molecule has 4 rings (SSSR count). The number of halogens is 2. The first-order chi connectivity index (χ1) is 17.4. The van der Waals surface area contributed by atoms with Gasteiger partial charge in [-0.05, 0) is 50.4 Å². The molecule has 0 unspecified atom stereocenters. The van der Waals surface area contributed by atoms with E-state index in [4.69, 9.17) is 27.9 Å². The van der Waals surface area contributed by atoms with Crippen molar-refractivity contribution < 1.29 is 9.53 Å². The van der Waals surface area contributed by atoms with Crippen molar-refractivity contribution in [2.75, 3.05) is 67.3 Å². The summed E-state index contributed by atoms with van der Waals surface area (Å²) in [5.74, 6) is 1.40. The SMILES string of the molecule is CCN(C(=O)Nc1c(Cl)ccc(OC)c1Cl)c1cc(Nc2ccc(N3CCN(C)CC3)cc2)ncn1. The number of rotatable bonds is 7. The Kier molecular flexibility index (Phi) is 8.35. The highest BCUT2D eigenvalue weighted by Crippen LogP contribution is 2.38. The second-order valence-corrected chi connectivity index (χ2v) is 9.12. The third kappa shape index (κ3) is 5.92. The number of benzene rings is 2. The van der Waals surface area contributed by atoms with Gasteiger partial charge in [0.1, 0.15) is 28.7 Å². The molecule has 0 aliphatic carbocycles. The second kappa shape index (κ2) is 11.6. The van der Waals surface area contributed by atoms with Gasteiger partial charge in [-0.15, -0.1) is 0 Å². The van der Waals surface area contributed by atoms with Crippen LogP contribution in [0.2, 0.25) is 10.0 Å². The van der Waals surface area contributed by atoms with Gasteiger partial charge in [-0.3, -0.25) is 4.90 Å². The quantitative estimate of drug-likeness (QED) is 0.426. The maximum Gasteiger partial charge on any atom is 0.327 e. The first-order valence-corrected chi connectivity index (χ1v) is 12.4. The van der Waals surface area contributed by atoms with E-state index in [1.807, 2.05) is 19.1 Å². The molecule has 3 aromatic rings. The van der Waals surface area contributed by atoms with Crippen LogP contribution in [0.3, 0.4) is 0 Å². The molecule has 0 bridgehead atoms. The fourth-order valence-electron chi connectivity index (χ4n) is 3.92.